The molecule has 1 aromatic heterocycles. The van der Waals surface area contributed by atoms with Gasteiger partial charge in [0.2, 0.25) is 0 Å². The molecule has 0 amide bonds. The molecule has 5 nitrogen and oxygen atoms in total. The van der Waals surface area contributed by atoms with Gasteiger partial charge in [-0.2, -0.15) is 5.10 Å². The Morgan fingerprint density at radius 1 is 1.20 bits per heavy atom. The molecular formula is C19H36BN3O2. The number of aliphatic hydroxyl groups is 1. The summed E-state index contributed by atoms with van der Waals surface area (Å²) in [6.07, 6.45) is 9.06. The summed E-state index contributed by atoms with van der Waals surface area (Å²) >= 11 is 0. The lowest BCUT2D eigenvalue weighted by Gasteiger charge is -2.39. The van der Waals surface area contributed by atoms with E-state index >= 15 is 0 Å². The first kappa shape index (κ1) is 20.5. The summed E-state index contributed by atoms with van der Waals surface area (Å²) in [6.45, 7) is 14.2. The Bertz CT molecular complexity index is 529. The normalized spacial score (nSPS) is 23.0. The van der Waals surface area contributed by atoms with Crippen molar-refractivity contribution in [2.24, 2.45) is 0 Å². The van der Waals surface area contributed by atoms with E-state index in [1.807, 2.05) is 24.7 Å². The second kappa shape index (κ2) is 8.23. The molecule has 25 heavy (non-hydrogen) atoms. The monoisotopic (exact) mass is 349 g/mol. The van der Waals surface area contributed by atoms with Gasteiger partial charge in [0.1, 0.15) is 0 Å². The Labute approximate surface area is 154 Å². The fourth-order valence-corrected chi connectivity index (χ4v) is 3.37. The first-order valence-corrected chi connectivity index (χ1v) is 9.73. The number of aromatic nitrogens is 2. The number of likely N-dealkylation sites (tertiary alicyclic amines) is 1. The van der Waals surface area contributed by atoms with E-state index in [-0.39, 0.29) is 0 Å². The van der Waals surface area contributed by atoms with Crippen LogP contribution in [0.2, 0.25) is 0 Å². The third-order valence-corrected chi connectivity index (χ3v) is 5.94. The van der Waals surface area contributed by atoms with Crippen LogP contribution in [0.15, 0.2) is 12.4 Å². The zero-order valence-electron chi connectivity index (χ0n) is 17.0. The number of nitrogens with zero attached hydrogens (tertiary/aromatic N) is 3. The quantitative estimate of drug-likeness (QED) is 0.730. The van der Waals surface area contributed by atoms with Gasteiger partial charge >= 0.3 is 7.48 Å². The maximum atomic E-state index is 10.2. The highest BCUT2D eigenvalue weighted by Gasteiger charge is 2.35. The summed E-state index contributed by atoms with van der Waals surface area (Å²) in [5.41, 5.74) is -0.433. The molecule has 1 aliphatic heterocycles. The molecule has 0 saturated carbocycles. The van der Waals surface area contributed by atoms with E-state index in [1.54, 1.807) is 13.8 Å². The lowest BCUT2D eigenvalue weighted by atomic mass is 9.84. The maximum Gasteiger partial charge on any atom is 0.312 e. The molecule has 142 valence electrons. The standard InChI is InChI=1S/C19H36BN3O2/c1-15-9-7-10-16(2)23(15)12-8-11-22-14-17(13-21-22)20-25-19(5,6)18(3,4)24/h13-16,20,24H,7-12H2,1-6H3/t15-,16+. The Hall–Kier alpha value is -0.845. The van der Waals surface area contributed by atoms with Crippen LogP contribution in [0.4, 0.5) is 0 Å². The molecule has 0 radical (unpaired) electrons. The van der Waals surface area contributed by atoms with Crippen LogP contribution in [0.3, 0.4) is 0 Å². The van der Waals surface area contributed by atoms with Crippen molar-refractivity contribution < 1.29 is 9.76 Å². The Morgan fingerprint density at radius 2 is 1.84 bits per heavy atom. The van der Waals surface area contributed by atoms with Gasteiger partial charge in [-0.05, 0) is 66.3 Å². The largest absolute Gasteiger partial charge is 0.427 e. The van der Waals surface area contributed by atoms with Crippen LogP contribution < -0.4 is 5.46 Å². The fourth-order valence-electron chi connectivity index (χ4n) is 3.37. The Balaban J connectivity index is 1.78. The van der Waals surface area contributed by atoms with Crippen molar-refractivity contribution in [3.05, 3.63) is 12.4 Å². The van der Waals surface area contributed by atoms with Crippen LogP contribution >= 0.6 is 0 Å². The van der Waals surface area contributed by atoms with Crippen LogP contribution in [0.25, 0.3) is 0 Å². The molecule has 1 saturated heterocycles. The van der Waals surface area contributed by atoms with Crippen LogP contribution in [-0.4, -0.2) is 57.1 Å². The van der Waals surface area contributed by atoms with Gasteiger partial charge in [0.25, 0.3) is 0 Å². The number of aryl methyl sites for hydroxylation is 1. The van der Waals surface area contributed by atoms with Crippen molar-refractivity contribution in [3.8, 4) is 0 Å². The average molecular weight is 349 g/mol. The third kappa shape index (κ3) is 5.56. The van der Waals surface area contributed by atoms with Gasteiger partial charge in [0.15, 0.2) is 0 Å². The zero-order valence-corrected chi connectivity index (χ0v) is 17.0. The van der Waals surface area contributed by atoms with Gasteiger partial charge in [-0.15, -0.1) is 0 Å². The second-order valence-corrected chi connectivity index (χ2v) is 8.69. The fraction of sp³-hybridized carbons (Fsp3) is 0.842. The van der Waals surface area contributed by atoms with Crippen LogP contribution in [0.5, 0.6) is 0 Å². The molecule has 0 bridgehead atoms. The zero-order chi connectivity index (χ0) is 18.7. The van der Waals surface area contributed by atoms with Gasteiger partial charge in [0, 0.05) is 37.6 Å². The van der Waals surface area contributed by atoms with Crippen LogP contribution in [0, 0.1) is 0 Å². The summed E-state index contributed by atoms with van der Waals surface area (Å²) in [6, 6.07) is 1.41. The third-order valence-electron chi connectivity index (χ3n) is 5.94. The highest BCUT2D eigenvalue weighted by atomic mass is 16.5. The maximum absolute atomic E-state index is 10.2. The summed E-state index contributed by atoms with van der Waals surface area (Å²) in [7, 11) is 0.469. The summed E-state index contributed by atoms with van der Waals surface area (Å²) in [5, 5.41) is 14.6. The van der Waals surface area contributed by atoms with Gasteiger partial charge in [0.05, 0.1) is 11.2 Å². The minimum atomic E-state index is -0.884. The molecule has 0 unspecified atom stereocenters. The average Bonchev–Trinajstić information content (AvgIpc) is 2.95. The first-order chi connectivity index (χ1) is 11.6. The molecule has 2 heterocycles. The smallest absolute Gasteiger partial charge is 0.312 e. The molecule has 0 aliphatic carbocycles. The van der Waals surface area contributed by atoms with Gasteiger partial charge in [-0.25, -0.2) is 0 Å². The first-order valence-electron chi connectivity index (χ1n) is 9.73. The number of hydrogen-bond donors (Lipinski definition) is 1. The van der Waals surface area contributed by atoms with Crippen LogP contribution in [0.1, 0.15) is 67.2 Å². The van der Waals surface area contributed by atoms with E-state index in [9.17, 15) is 5.11 Å². The van der Waals surface area contributed by atoms with Crippen molar-refractivity contribution in [2.75, 3.05) is 6.54 Å². The lowest BCUT2D eigenvalue weighted by Crippen LogP contribution is -2.49. The van der Waals surface area contributed by atoms with Crippen molar-refractivity contribution in [1.82, 2.24) is 14.7 Å². The number of piperidine rings is 1. The van der Waals surface area contributed by atoms with E-state index < -0.39 is 11.2 Å². The van der Waals surface area contributed by atoms with Crippen molar-refractivity contribution in [2.45, 2.75) is 97.1 Å². The Kier molecular flexibility index (Phi) is 6.74. The van der Waals surface area contributed by atoms with Gasteiger partial charge in [-0.1, -0.05) is 6.42 Å². The molecule has 1 N–H and O–H groups in total. The molecule has 1 aliphatic rings. The highest BCUT2D eigenvalue weighted by Crippen LogP contribution is 2.24. The minimum Gasteiger partial charge on any atom is -0.427 e. The summed E-state index contributed by atoms with van der Waals surface area (Å²) < 4.78 is 7.92. The van der Waals surface area contributed by atoms with Crippen LogP contribution in [-0.2, 0) is 11.2 Å². The van der Waals surface area contributed by atoms with E-state index in [0.29, 0.717) is 19.6 Å². The predicted octanol–water partition coefficient (Wildman–Crippen LogP) is 2.08. The van der Waals surface area contributed by atoms with Crippen molar-refractivity contribution >= 4 is 12.9 Å². The topological polar surface area (TPSA) is 50.5 Å². The summed E-state index contributed by atoms with van der Waals surface area (Å²) in [5.74, 6) is 0. The molecule has 0 aromatic carbocycles. The van der Waals surface area contributed by atoms with E-state index in [1.165, 1.54) is 19.3 Å². The minimum absolute atomic E-state index is 0.469. The SMILES string of the molecule is C[C@@H]1CCC[C@H](C)N1CCCn1cc(BOC(C)(C)C(C)(C)O)cn1. The lowest BCUT2D eigenvalue weighted by molar-refractivity contribution is -0.0893. The summed E-state index contributed by atoms with van der Waals surface area (Å²) in [4.78, 5) is 2.64. The molecule has 6 heteroatoms. The molecular weight excluding hydrogens is 313 g/mol. The molecule has 1 fully saturated rings. The number of rotatable bonds is 8. The molecule has 1 aromatic rings. The molecule has 2 rings (SSSR count). The second-order valence-electron chi connectivity index (χ2n) is 8.69. The van der Waals surface area contributed by atoms with Crippen molar-refractivity contribution in [3.63, 3.8) is 0 Å². The number of hydrogen-bond acceptors (Lipinski definition) is 4. The van der Waals surface area contributed by atoms with E-state index in [4.69, 9.17) is 4.65 Å². The highest BCUT2D eigenvalue weighted by molar-refractivity contribution is 6.46. The Morgan fingerprint density at radius 3 is 2.44 bits per heavy atom. The van der Waals surface area contributed by atoms with E-state index in [2.05, 4.69) is 30.0 Å². The van der Waals surface area contributed by atoms with Gasteiger partial charge in [-0.3, -0.25) is 9.58 Å². The molecule has 2 atom stereocenters. The van der Waals surface area contributed by atoms with Gasteiger partial charge < -0.3 is 9.76 Å². The molecule has 0 spiro atoms. The van der Waals surface area contributed by atoms with E-state index in [0.717, 1.165) is 25.0 Å². The van der Waals surface area contributed by atoms with Crippen molar-refractivity contribution in [1.29, 1.82) is 0 Å². The predicted molar refractivity (Wildman–Crippen MR) is 105 cm³/mol.